The Bertz CT molecular complexity index is 1020. The van der Waals surface area contributed by atoms with Gasteiger partial charge in [-0.1, -0.05) is 12.1 Å². The second-order valence-electron chi connectivity index (χ2n) is 6.73. The number of nitrogens with two attached hydrogens (primary N) is 1. The van der Waals surface area contributed by atoms with Crippen molar-refractivity contribution in [2.45, 2.75) is 23.8 Å². The molecule has 9 heteroatoms. The summed E-state index contributed by atoms with van der Waals surface area (Å²) in [6.07, 6.45) is 1.24. The summed E-state index contributed by atoms with van der Waals surface area (Å²) >= 11 is 0. The first-order chi connectivity index (χ1) is 13.8. The molecule has 1 heterocycles. The summed E-state index contributed by atoms with van der Waals surface area (Å²) in [7, 11) is -0.948. The van der Waals surface area contributed by atoms with Crippen LogP contribution in [0.5, 0.6) is 5.75 Å². The van der Waals surface area contributed by atoms with E-state index in [1.807, 2.05) is 0 Å². The summed E-state index contributed by atoms with van der Waals surface area (Å²) in [6, 6.07) is 11.8. The van der Waals surface area contributed by atoms with E-state index in [0.29, 0.717) is 36.4 Å². The van der Waals surface area contributed by atoms with E-state index < -0.39 is 22.0 Å². The molecular formula is C20H23N3O5S. The van der Waals surface area contributed by atoms with E-state index in [1.165, 1.54) is 43.3 Å². The first-order valence-corrected chi connectivity index (χ1v) is 10.5. The smallest absolute Gasteiger partial charge is 0.264 e. The Labute approximate surface area is 169 Å². The van der Waals surface area contributed by atoms with Crippen molar-refractivity contribution in [3.05, 3.63) is 54.1 Å². The number of methoxy groups -OCH3 is 1. The Kier molecular flexibility index (Phi) is 5.78. The summed E-state index contributed by atoms with van der Waals surface area (Å²) < 4.78 is 32.4. The molecule has 0 saturated carbocycles. The molecular weight excluding hydrogens is 394 g/mol. The van der Waals surface area contributed by atoms with E-state index in [2.05, 4.69) is 0 Å². The van der Waals surface area contributed by atoms with Gasteiger partial charge >= 0.3 is 0 Å². The number of amides is 2. The number of rotatable bonds is 6. The number of hydrogen-bond donors (Lipinski definition) is 1. The molecule has 1 aliphatic rings. The van der Waals surface area contributed by atoms with Crippen LogP contribution in [0.25, 0.3) is 0 Å². The summed E-state index contributed by atoms with van der Waals surface area (Å²) in [5.74, 6) is -0.446. The van der Waals surface area contributed by atoms with Crippen LogP contribution in [0.15, 0.2) is 53.4 Å². The van der Waals surface area contributed by atoms with Gasteiger partial charge in [-0.25, -0.2) is 8.42 Å². The number of ether oxygens (including phenoxy) is 1. The van der Waals surface area contributed by atoms with Crippen molar-refractivity contribution in [1.82, 2.24) is 4.90 Å². The monoisotopic (exact) mass is 417 g/mol. The lowest BCUT2D eigenvalue weighted by Gasteiger charge is -2.23. The third-order valence-electron chi connectivity index (χ3n) is 5.03. The molecule has 0 aromatic heterocycles. The van der Waals surface area contributed by atoms with Gasteiger partial charge in [-0.15, -0.1) is 0 Å². The average Bonchev–Trinajstić information content (AvgIpc) is 3.23. The fraction of sp³-hybridized carbons (Fsp3) is 0.300. The van der Waals surface area contributed by atoms with Gasteiger partial charge in [-0.2, -0.15) is 0 Å². The van der Waals surface area contributed by atoms with Crippen molar-refractivity contribution in [1.29, 1.82) is 0 Å². The van der Waals surface area contributed by atoms with Crippen LogP contribution in [-0.2, 0) is 14.8 Å². The van der Waals surface area contributed by atoms with E-state index >= 15 is 0 Å². The number of likely N-dealkylation sites (tertiary alicyclic amines) is 1. The Morgan fingerprint density at radius 2 is 1.79 bits per heavy atom. The predicted molar refractivity (Wildman–Crippen MR) is 108 cm³/mol. The van der Waals surface area contributed by atoms with Crippen LogP contribution >= 0.6 is 0 Å². The van der Waals surface area contributed by atoms with Crippen molar-refractivity contribution < 1.29 is 22.7 Å². The highest BCUT2D eigenvalue weighted by Gasteiger charge is 2.33. The van der Waals surface area contributed by atoms with E-state index in [0.717, 1.165) is 4.31 Å². The Balaban J connectivity index is 1.85. The maximum absolute atomic E-state index is 13.0. The Hall–Kier alpha value is -3.07. The van der Waals surface area contributed by atoms with Crippen molar-refractivity contribution >= 4 is 27.5 Å². The predicted octanol–water partition coefficient (Wildman–Crippen LogP) is 1.61. The zero-order valence-corrected chi connectivity index (χ0v) is 17.1. The Morgan fingerprint density at radius 3 is 2.41 bits per heavy atom. The number of sulfonamides is 1. The molecule has 3 rings (SSSR count). The van der Waals surface area contributed by atoms with Crippen LogP contribution < -0.4 is 14.8 Å². The van der Waals surface area contributed by atoms with Crippen molar-refractivity contribution in [3.8, 4) is 5.75 Å². The number of primary amides is 1. The van der Waals surface area contributed by atoms with Crippen molar-refractivity contribution in [2.75, 3.05) is 25.0 Å². The van der Waals surface area contributed by atoms with Gasteiger partial charge in [-0.3, -0.25) is 13.9 Å². The molecule has 8 nitrogen and oxygen atoms in total. The van der Waals surface area contributed by atoms with Gasteiger partial charge in [0.2, 0.25) is 5.91 Å². The van der Waals surface area contributed by atoms with Crippen molar-refractivity contribution in [2.24, 2.45) is 5.73 Å². The molecule has 1 atom stereocenters. The van der Waals surface area contributed by atoms with Gasteiger partial charge in [0.05, 0.1) is 17.7 Å². The first-order valence-electron chi connectivity index (χ1n) is 9.09. The average molecular weight is 417 g/mol. The van der Waals surface area contributed by atoms with E-state index in [4.69, 9.17) is 10.5 Å². The highest BCUT2D eigenvalue weighted by molar-refractivity contribution is 7.92. The Morgan fingerprint density at radius 1 is 1.14 bits per heavy atom. The highest BCUT2D eigenvalue weighted by atomic mass is 32.2. The lowest BCUT2D eigenvalue weighted by atomic mass is 10.1. The number of para-hydroxylation sites is 2. The first kappa shape index (κ1) is 20.7. The van der Waals surface area contributed by atoms with Crippen LogP contribution in [0.4, 0.5) is 5.69 Å². The van der Waals surface area contributed by atoms with Gasteiger partial charge < -0.3 is 15.4 Å². The zero-order valence-electron chi connectivity index (χ0n) is 16.2. The molecule has 0 radical (unpaired) electrons. The number of hydrogen-bond acceptors (Lipinski definition) is 5. The third-order valence-corrected chi connectivity index (χ3v) is 6.81. The number of carbonyl (C=O) groups excluding carboxylic acids is 2. The largest absolute Gasteiger partial charge is 0.495 e. The molecule has 29 heavy (non-hydrogen) atoms. The van der Waals surface area contributed by atoms with Gasteiger partial charge in [0.15, 0.2) is 0 Å². The number of anilines is 1. The molecule has 2 aromatic carbocycles. The minimum atomic E-state index is -3.86. The molecule has 1 saturated heterocycles. The van der Waals surface area contributed by atoms with Crippen LogP contribution in [0, 0.1) is 0 Å². The van der Waals surface area contributed by atoms with Crippen LogP contribution in [0.1, 0.15) is 23.2 Å². The van der Waals surface area contributed by atoms with Gasteiger partial charge in [-0.05, 0) is 49.2 Å². The molecule has 2 N–H and O–H groups in total. The summed E-state index contributed by atoms with van der Waals surface area (Å²) in [4.78, 5) is 25.7. The molecule has 1 fully saturated rings. The number of carbonyl (C=O) groups is 2. The zero-order chi connectivity index (χ0) is 21.2. The van der Waals surface area contributed by atoms with Crippen molar-refractivity contribution in [3.63, 3.8) is 0 Å². The van der Waals surface area contributed by atoms with Gasteiger partial charge in [0.1, 0.15) is 11.8 Å². The molecule has 0 bridgehead atoms. The number of benzene rings is 2. The van der Waals surface area contributed by atoms with Crippen LogP contribution in [0.2, 0.25) is 0 Å². The minimum absolute atomic E-state index is 0.0373. The molecule has 0 aliphatic carbocycles. The third kappa shape index (κ3) is 3.91. The molecule has 1 aliphatic heterocycles. The summed E-state index contributed by atoms with van der Waals surface area (Å²) in [5.41, 5.74) is 6.07. The van der Waals surface area contributed by atoms with Gasteiger partial charge in [0.25, 0.3) is 15.9 Å². The van der Waals surface area contributed by atoms with E-state index in [9.17, 15) is 18.0 Å². The maximum atomic E-state index is 13.0. The molecule has 2 amide bonds. The van der Waals surface area contributed by atoms with Gasteiger partial charge in [0, 0.05) is 19.2 Å². The maximum Gasteiger partial charge on any atom is 0.264 e. The summed E-state index contributed by atoms with van der Waals surface area (Å²) in [5, 5.41) is 0. The standard InChI is InChI=1S/C20H23N3O5S/c1-22(16-6-3-4-8-18(16)28-2)29(26,27)15-11-9-14(10-12-15)20(25)23-13-5-7-17(23)19(21)24/h3-4,6,8-12,17H,5,7,13H2,1-2H3,(H2,21,24)/t17-/m0/s1. The SMILES string of the molecule is COc1ccccc1N(C)S(=O)(=O)c1ccc(C(=O)N2CCC[C@H]2C(N)=O)cc1. The quantitative estimate of drug-likeness (QED) is 0.768. The fourth-order valence-electron chi connectivity index (χ4n) is 3.42. The lowest BCUT2D eigenvalue weighted by Crippen LogP contribution is -2.43. The number of nitrogens with zero attached hydrogens (tertiary/aromatic N) is 2. The molecule has 0 unspecified atom stereocenters. The molecule has 2 aromatic rings. The topological polar surface area (TPSA) is 110 Å². The van der Waals surface area contributed by atoms with Crippen LogP contribution in [-0.4, -0.2) is 51.9 Å². The highest BCUT2D eigenvalue weighted by Crippen LogP contribution is 2.31. The normalized spacial score (nSPS) is 16.5. The molecule has 154 valence electrons. The second kappa shape index (κ2) is 8.12. The summed E-state index contributed by atoms with van der Waals surface area (Å²) in [6.45, 7) is 0.447. The minimum Gasteiger partial charge on any atom is -0.495 e. The second-order valence-corrected chi connectivity index (χ2v) is 8.70. The lowest BCUT2D eigenvalue weighted by molar-refractivity contribution is -0.121. The molecule has 0 spiro atoms. The fourth-order valence-corrected chi connectivity index (χ4v) is 4.62. The van der Waals surface area contributed by atoms with E-state index in [-0.39, 0.29) is 10.8 Å². The van der Waals surface area contributed by atoms with Crippen LogP contribution in [0.3, 0.4) is 0 Å². The van der Waals surface area contributed by atoms with E-state index in [1.54, 1.807) is 24.3 Å².